The summed E-state index contributed by atoms with van der Waals surface area (Å²) in [5.41, 5.74) is 6.05. The SMILES string of the molecule is CC1CSCCN1C1CCCC(N)C1. The molecule has 1 saturated carbocycles. The summed E-state index contributed by atoms with van der Waals surface area (Å²) in [4.78, 5) is 2.70. The number of nitrogens with zero attached hydrogens (tertiary/aromatic N) is 1. The highest BCUT2D eigenvalue weighted by molar-refractivity contribution is 7.99. The number of thioether (sulfide) groups is 1. The molecule has 1 heterocycles. The molecule has 1 saturated heterocycles. The molecule has 3 atom stereocenters. The van der Waals surface area contributed by atoms with E-state index in [9.17, 15) is 0 Å². The maximum atomic E-state index is 6.05. The molecule has 1 aliphatic carbocycles. The van der Waals surface area contributed by atoms with Crippen LogP contribution in [0.3, 0.4) is 0 Å². The Labute approximate surface area is 91.6 Å². The van der Waals surface area contributed by atoms with Crippen LogP contribution in [0.1, 0.15) is 32.6 Å². The van der Waals surface area contributed by atoms with Crippen LogP contribution >= 0.6 is 11.8 Å². The Balaban J connectivity index is 1.91. The Morgan fingerprint density at radius 3 is 2.93 bits per heavy atom. The van der Waals surface area contributed by atoms with E-state index < -0.39 is 0 Å². The van der Waals surface area contributed by atoms with Crippen LogP contribution in [0.5, 0.6) is 0 Å². The summed E-state index contributed by atoms with van der Waals surface area (Å²) < 4.78 is 0. The van der Waals surface area contributed by atoms with Crippen molar-refractivity contribution in [2.75, 3.05) is 18.1 Å². The fourth-order valence-electron chi connectivity index (χ4n) is 2.78. The van der Waals surface area contributed by atoms with Gasteiger partial charge in [-0.15, -0.1) is 0 Å². The molecule has 2 aliphatic rings. The normalized spacial score (nSPS) is 41.1. The fourth-order valence-corrected chi connectivity index (χ4v) is 3.82. The second-order valence-corrected chi connectivity index (χ2v) is 5.89. The van der Waals surface area contributed by atoms with Crippen LogP contribution < -0.4 is 5.73 Å². The zero-order chi connectivity index (χ0) is 9.97. The third-order valence-electron chi connectivity index (χ3n) is 3.58. The Kier molecular flexibility index (Phi) is 3.74. The molecule has 2 N–H and O–H groups in total. The van der Waals surface area contributed by atoms with E-state index in [4.69, 9.17) is 5.73 Å². The van der Waals surface area contributed by atoms with Gasteiger partial charge in [0.05, 0.1) is 0 Å². The zero-order valence-corrected chi connectivity index (χ0v) is 9.93. The van der Waals surface area contributed by atoms with Crippen molar-refractivity contribution in [3.8, 4) is 0 Å². The molecule has 2 rings (SSSR count). The molecular formula is C11H22N2S. The van der Waals surface area contributed by atoms with Gasteiger partial charge in [0.1, 0.15) is 0 Å². The third kappa shape index (κ3) is 2.44. The molecule has 3 heteroatoms. The van der Waals surface area contributed by atoms with Crippen molar-refractivity contribution >= 4 is 11.8 Å². The summed E-state index contributed by atoms with van der Waals surface area (Å²) in [7, 11) is 0. The number of nitrogens with two attached hydrogens (primary N) is 1. The monoisotopic (exact) mass is 214 g/mol. The Morgan fingerprint density at radius 2 is 2.21 bits per heavy atom. The van der Waals surface area contributed by atoms with E-state index in [1.54, 1.807) is 0 Å². The molecule has 0 spiro atoms. The smallest absolute Gasteiger partial charge is 0.0161 e. The first-order valence-electron chi connectivity index (χ1n) is 5.86. The predicted molar refractivity (Wildman–Crippen MR) is 63.7 cm³/mol. The van der Waals surface area contributed by atoms with Crippen molar-refractivity contribution in [1.82, 2.24) is 4.90 Å². The van der Waals surface area contributed by atoms with Gasteiger partial charge in [0, 0.05) is 36.2 Å². The first kappa shape index (κ1) is 10.8. The molecule has 0 amide bonds. The van der Waals surface area contributed by atoms with Crippen LogP contribution in [0.2, 0.25) is 0 Å². The van der Waals surface area contributed by atoms with E-state index in [0.29, 0.717) is 6.04 Å². The third-order valence-corrected chi connectivity index (χ3v) is 4.76. The minimum atomic E-state index is 0.468. The molecule has 0 aromatic heterocycles. The van der Waals surface area contributed by atoms with E-state index in [-0.39, 0.29) is 0 Å². The van der Waals surface area contributed by atoms with Crippen LogP contribution in [0.4, 0.5) is 0 Å². The number of rotatable bonds is 1. The van der Waals surface area contributed by atoms with Crippen LogP contribution in [-0.4, -0.2) is 41.1 Å². The van der Waals surface area contributed by atoms with Crippen LogP contribution in [0, 0.1) is 0 Å². The highest BCUT2D eigenvalue weighted by atomic mass is 32.2. The molecule has 0 bridgehead atoms. The van der Waals surface area contributed by atoms with Gasteiger partial charge in [-0.2, -0.15) is 11.8 Å². The quantitative estimate of drug-likeness (QED) is 0.720. The second kappa shape index (κ2) is 4.86. The van der Waals surface area contributed by atoms with Crippen LogP contribution in [0.25, 0.3) is 0 Å². The van der Waals surface area contributed by atoms with Gasteiger partial charge in [-0.05, 0) is 26.2 Å². The van der Waals surface area contributed by atoms with Gasteiger partial charge in [-0.1, -0.05) is 6.42 Å². The second-order valence-electron chi connectivity index (χ2n) is 4.74. The molecule has 0 aromatic carbocycles. The number of hydrogen-bond acceptors (Lipinski definition) is 3. The minimum Gasteiger partial charge on any atom is -0.328 e. The summed E-state index contributed by atoms with van der Waals surface area (Å²) in [6, 6.07) is 2.02. The zero-order valence-electron chi connectivity index (χ0n) is 9.11. The maximum absolute atomic E-state index is 6.05. The van der Waals surface area contributed by atoms with Gasteiger partial charge in [0.25, 0.3) is 0 Å². The molecular weight excluding hydrogens is 192 g/mol. The van der Waals surface area contributed by atoms with E-state index in [1.807, 2.05) is 0 Å². The fraction of sp³-hybridized carbons (Fsp3) is 1.00. The molecule has 2 nitrogen and oxygen atoms in total. The summed E-state index contributed by atoms with van der Waals surface area (Å²) in [6.07, 6.45) is 5.19. The summed E-state index contributed by atoms with van der Waals surface area (Å²) in [6.45, 7) is 3.65. The van der Waals surface area contributed by atoms with Crippen molar-refractivity contribution in [3.05, 3.63) is 0 Å². The predicted octanol–water partition coefficient (Wildman–Crippen LogP) is 1.69. The largest absolute Gasteiger partial charge is 0.328 e. The lowest BCUT2D eigenvalue weighted by Gasteiger charge is -2.42. The Morgan fingerprint density at radius 1 is 1.36 bits per heavy atom. The van der Waals surface area contributed by atoms with Crippen molar-refractivity contribution < 1.29 is 0 Å². The van der Waals surface area contributed by atoms with Crippen molar-refractivity contribution in [3.63, 3.8) is 0 Å². The lowest BCUT2D eigenvalue weighted by atomic mass is 9.90. The molecule has 2 fully saturated rings. The summed E-state index contributed by atoms with van der Waals surface area (Å²) in [5, 5.41) is 0. The van der Waals surface area contributed by atoms with Crippen molar-refractivity contribution in [2.24, 2.45) is 5.73 Å². The van der Waals surface area contributed by atoms with Crippen LogP contribution in [0.15, 0.2) is 0 Å². The van der Waals surface area contributed by atoms with Gasteiger partial charge in [0.2, 0.25) is 0 Å². The average molecular weight is 214 g/mol. The van der Waals surface area contributed by atoms with Gasteiger partial charge in [-0.3, -0.25) is 4.90 Å². The highest BCUT2D eigenvalue weighted by Crippen LogP contribution is 2.27. The van der Waals surface area contributed by atoms with E-state index in [2.05, 4.69) is 23.6 Å². The van der Waals surface area contributed by atoms with E-state index in [1.165, 1.54) is 43.7 Å². The summed E-state index contributed by atoms with van der Waals surface area (Å²) in [5.74, 6) is 2.63. The van der Waals surface area contributed by atoms with E-state index in [0.717, 1.165) is 12.1 Å². The van der Waals surface area contributed by atoms with E-state index >= 15 is 0 Å². The highest BCUT2D eigenvalue weighted by Gasteiger charge is 2.29. The van der Waals surface area contributed by atoms with Gasteiger partial charge in [0.15, 0.2) is 0 Å². The Bertz CT molecular complexity index is 186. The van der Waals surface area contributed by atoms with Crippen molar-refractivity contribution in [2.45, 2.75) is 50.7 Å². The summed E-state index contributed by atoms with van der Waals surface area (Å²) >= 11 is 2.10. The lowest BCUT2D eigenvalue weighted by molar-refractivity contribution is 0.120. The first-order chi connectivity index (χ1) is 6.77. The van der Waals surface area contributed by atoms with Gasteiger partial charge in [-0.25, -0.2) is 0 Å². The minimum absolute atomic E-state index is 0.468. The molecule has 3 unspecified atom stereocenters. The molecule has 82 valence electrons. The van der Waals surface area contributed by atoms with Gasteiger partial charge < -0.3 is 5.73 Å². The average Bonchev–Trinajstić information content (AvgIpc) is 2.18. The molecule has 14 heavy (non-hydrogen) atoms. The molecule has 0 aromatic rings. The first-order valence-corrected chi connectivity index (χ1v) is 7.02. The topological polar surface area (TPSA) is 29.3 Å². The van der Waals surface area contributed by atoms with Crippen LogP contribution in [-0.2, 0) is 0 Å². The molecule has 1 aliphatic heterocycles. The standard InChI is InChI=1S/C11H22N2S/c1-9-8-14-6-5-13(9)11-4-2-3-10(12)7-11/h9-11H,2-8,12H2,1H3. The lowest BCUT2D eigenvalue weighted by Crippen LogP contribution is -2.50. The number of hydrogen-bond donors (Lipinski definition) is 1. The molecule has 0 radical (unpaired) electrons. The maximum Gasteiger partial charge on any atom is 0.0161 e. The Hall–Kier alpha value is 0.270. The van der Waals surface area contributed by atoms with Gasteiger partial charge >= 0.3 is 0 Å². The van der Waals surface area contributed by atoms with Crippen molar-refractivity contribution in [1.29, 1.82) is 0 Å².